The molecule has 0 saturated carbocycles. The van der Waals surface area contributed by atoms with Crippen LogP contribution in [0.4, 0.5) is 57.1 Å². The van der Waals surface area contributed by atoms with Crippen LogP contribution in [0.2, 0.25) is 0 Å². The molecule has 0 fully saturated rings. The van der Waals surface area contributed by atoms with Gasteiger partial charge in [0.15, 0.2) is 0 Å². The number of rotatable bonds is 9. The molecule has 0 aromatic carbocycles. The molecule has 174 valence electrons. The summed E-state index contributed by atoms with van der Waals surface area (Å²) >= 11 is 0. The predicted octanol–water partition coefficient (Wildman–Crippen LogP) is 3.42. The van der Waals surface area contributed by atoms with Crippen molar-refractivity contribution in [3.8, 4) is 0 Å². The maximum Gasteiger partial charge on any atom is 0.460 e. The number of alkyl halides is 13. The summed E-state index contributed by atoms with van der Waals surface area (Å²) in [5.41, 5.74) is 0. The van der Waals surface area contributed by atoms with Crippen LogP contribution in [0.3, 0.4) is 0 Å². The van der Waals surface area contributed by atoms with Crippen LogP contribution in [-0.2, 0) is 14.8 Å². The Labute approximate surface area is 152 Å². The number of carboxylic acid groups (broad SMARTS) is 1. The van der Waals surface area contributed by atoms with E-state index >= 15 is 0 Å². The highest BCUT2D eigenvalue weighted by Crippen LogP contribution is 2.60. The Morgan fingerprint density at radius 1 is 0.759 bits per heavy atom. The van der Waals surface area contributed by atoms with Crippen molar-refractivity contribution in [3.63, 3.8) is 0 Å². The van der Waals surface area contributed by atoms with E-state index in [0.29, 0.717) is 6.92 Å². The molecular formula is C10H8F13NO4S. The molecule has 0 aromatic rings. The average Bonchev–Trinajstić information content (AvgIpc) is 2.50. The van der Waals surface area contributed by atoms with E-state index in [9.17, 15) is 70.3 Å². The zero-order valence-electron chi connectivity index (χ0n) is 13.4. The van der Waals surface area contributed by atoms with Crippen molar-refractivity contribution in [1.29, 1.82) is 0 Å². The van der Waals surface area contributed by atoms with Crippen molar-refractivity contribution < 1.29 is 75.4 Å². The molecule has 5 nitrogen and oxygen atoms in total. The maximum absolute atomic E-state index is 13.8. The van der Waals surface area contributed by atoms with Gasteiger partial charge in [0.25, 0.3) is 0 Å². The topological polar surface area (TPSA) is 74.7 Å². The average molecular weight is 485 g/mol. The number of nitrogens with zero attached hydrogens (tertiary/aromatic N) is 1. The van der Waals surface area contributed by atoms with Gasteiger partial charge in [0.2, 0.25) is 10.0 Å². The lowest BCUT2D eigenvalue weighted by molar-refractivity contribution is -0.447. The summed E-state index contributed by atoms with van der Waals surface area (Å²) in [4.78, 5) is 10.4. The van der Waals surface area contributed by atoms with Crippen LogP contribution in [0, 0.1) is 0 Å². The lowest BCUT2D eigenvalue weighted by Crippen LogP contribution is -2.73. The summed E-state index contributed by atoms with van der Waals surface area (Å²) in [7, 11) is -5.93. The van der Waals surface area contributed by atoms with E-state index in [-0.39, 0.29) is 0 Å². The first-order valence-electron chi connectivity index (χ1n) is 6.54. The number of carbonyl (C=O) groups is 1. The number of halogens is 13. The maximum atomic E-state index is 13.8. The van der Waals surface area contributed by atoms with E-state index < -0.39 is 68.5 Å². The van der Waals surface area contributed by atoms with E-state index in [4.69, 9.17) is 5.11 Å². The molecule has 0 atom stereocenters. The molecule has 0 amide bonds. The van der Waals surface area contributed by atoms with Crippen LogP contribution in [-0.4, -0.2) is 72.0 Å². The highest BCUT2D eigenvalue weighted by atomic mass is 32.2. The van der Waals surface area contributed by atoms with E-state index in [1.165, 1.54) is 0 Å². The normalized spacial score (nSPS) is 15.7. The Bertz CT molecular complexity index is 730. The van der Waals surface area contributed by atoms with E-state index in [2.05, 4.69) is 0 Å². The number of hydrogen-bond acceptors (Lipinski definition) is 3. The number of hydrogen-bond donors (Lipinski definition) is 1. The van der Waals surface area contributed by atoms with Gasteiger partial charge in [-0.05, 0) is 6.92 Å². The van der Waals surface area contributed by atoms with Gasteiger partial charge in [-0.25, -0.2) is 8.42 Å². The van der Waals surface area contributed by atoms with Crippen LogP contribution in [0.15, 0.2) is 0 Å². The van der Waals surface area contributed by atoms with Gasteiger partial charge in [-0.2, -0.15) is 57.1 Å². The van der Waals surface area contributed by atoms with Crippen LogP contribution in [0.25, 0.3) is 0 Å². The van der Waals surface area contributed by atoms with E-state index in [1.807, 2.05) is 0 Å². The van der Waals surface area contributed by atoms with Gasteiger partial charge >= 0.3 is 41.9 Å². The summed E-state index contributed by atoms with van der Waals surface area (Å²) in [5.74, 6) is -36.8. The van der Waals surface area contributed by atoms with Crippen molar-refractivity contribution in [2.75, 3.05) is 12.3 Å². The fourth-order valence-corrected chi connectivity index (χ4v) is 2.65. The molecule has 0 unspecified atom stereocenters. The Kier molecular flexibility index (Phi) is 6.92. The molecule has 0 aliphatic carbocycles. The largest absolute Gasteiger partial charge is 0.480 e. The second kappa shape index (κ2) is 7.31. The van der Waals surface area contributed by atoms with Gasteiger partial charge in [0.05, 0.1) is 5.75 Å². The van der Waals surface area contributed by atoms with Gasteiger partial charge < -0.3 is 5.11 Å². The molecule has 0 bridgehead atoms. The molecule has 0 aliphatic heterocycles. The van der Waals surface area contributed by atoms with Crippen molar-refractivity contribution in [1.82, 2.24) is 4.31 Å². The quantitative estimate of drug-likeness (QED) is 0.402. The fourth-order valence-electron chi connectivity index (χ4n) is 1.57. The molecule has 0 aliphatic rings. The van der Waals surface area contributed by atoms with E-state index in [1.54, 1.807) is 0 Å². The number of carboxylic acids is 1. The van der Waals surface area contributed by atoms with Crippen molar-refractivity contribution in [2.24, 2.45) is 0 Å². The molecule has 0 rings (SSSR count). The molecule has 0 heterocycles. The third-order valence-electron chi connectivity index (χ3n) is 3.21. The minimum Gasteiger partial charge on any atom is -0.480 e. The fraction of sp³-hybridized carbons (Fsp3) is 0.900. The van der Waals surface area contributed by atoms with Gasteiger partial charge in [0, 0.05) is 0 Å². The third kappa shape index (κ3) is 4.06. The molecule has 0 aromatic heterocycles. The minimum absolute atomic E-state index is 0.378. The molecular weight excluding hydrogens is 477 g/mol. The first-order chi connectivity index (χ1) is 12.4. The summed E-state index contributed by atoms with van der Waals surface area (Å²) in [6, 6.07) is -7.19. The molecule has 1 N–H and O–H groups in total. The lowest BCUT2D eigenvalue weighted by Gasteiger charge is -2.41. The summed E-state index contributed by atoms with van der Waals surface area (Å²) in [6.45, 7) is -2.38. The Morgan fingerprint density at radius 2 is 1.10 bits per heavy atom. The molecule has 29 heavy (non-hydrogen) atoms. The van der Waals surface area contributed by atoms with Crippen LogP contribution < -0.4 is 0 Å². The molecule has 0 spiro atoms. The first-order valence-corrected chi connectivity index (χ1v) is 8.15. The Hall–Kier alpha value is -1.53. The minimum atomic E-state index is -8.23. The number of sulfonamides is 1. The summed E-state index contributed by atoms with van der Waals surface area (Å²) in [6.07, 6.45) is -7.62. The first kappa shape index (κ1) is 27.5. The van der Waals surface area contributed by atoms with Crippen LogP contribution in [0.5, 0.6) is 0 Å². The summed E-state index contributed by atoms with van der Waals surface area (Å²) in [5, 5.41) is 8.28. The van der Waals surface area contributed by atoms with Gasteiger partial charge in [0.1, 0.15) is 6.54 Å². The highest BCUT2D eigenvalue weighted by molar-refractivity contribution is 7.89. The molecule has 0 saturated heterocycles. The van der Waals surface area contributed by atoms with Crippen molar-refractivity contribution >= 4 is 16.0 Å². The van der Waals surface area contributed by atoms with Gasteiger partial charge in [-0.15, -0.1) is 4.31 Å². The van der Waals surface area contributed by atoms with Crippen LogP contribution in [0.1, 0.15) is 6.92 Å². The predicted molar refractivity (Wildman–Crippen MR) is 64.6 cm³/mol. The van der Waals surface area contributed by atoms with Crippen LogP contribution >= 0.6 is 0 Å². The zero-order chi connectivity index (χ0) is 24.1. The standard InChI is InChI=1S/C10H8F13NO4S/c1-2-29(27,28)24(3-4(25)26)10(22,23)8(17,18)6(13,14)5(11,12)7(15,16)9(19,20)21/h2-3H2,1H3,(H,25,26). The Morgan fingerprint density at radius 3 is 1.38 bits per heavy atom. The Balaban J connectivity index is 6.79. The number of aliphatic carboxylic acids is 1. The van der Waals surface area contributed by atoms with Gasteiger partial charge in [-0.1, -0.05) is 0 Å². The second-order valence-corrected chi connectivity index (χ2v) is 7.32. The second-order valence-electron chi connectivity index (χ2n) is 5.14. The molecule has 19 heteroatoms. The smallest absolute Gasteiger partial charge is 0.460 e. The van der Waals surface area contributed by atoms with Gasteiger partial charge in [-0.3, -0.25) is 4.79 Å². The van der Waals surface area contributed by atoms with Crippen molar-refractivity contribution in [3.05, 3.63) is 0 Å². The van der Waals surface area contributed by atoms with E-state index in [0.717, 1.165) is 0 Å². The third-order valence-corrected chi connectivity index (χ3v) is 4.97. The lowest BCUT2D eigenvalue weighted by atomic mass is 9.96. The van der Waals surface area contributed by atoms with Crippen molar-refractivity contribution in [2.45, 2.75) is 42.8 Å². The monoisotopic (exact) mass is 485 g/mol. The zero-order valence-corrected chi connectivity index (χ0v) is 14.2. The SMILES string of the molecule is CCS(=O)(=O)N(CC(=O)O)C(F)(F)C(F)(F)C(F)(F)C(F)(F)C(F)(F)C(F)(F)F. The molecule has 0 radical (unpaired) electrons. The highest BCUT2D eigenvalue weighted by Gasteiger charge is 2.91. The summed E-state index contributed by atoms with van der Waals surface area (Å²) < 4.78 is 189.